The number of carbonyl (C=O) groups is 1. The van der Waals surface area contributed by atoms with Gasteiger partial charge in [-0.1, -0.05) is 0 Å². The van der Waals surface area contributed by atoms with Gasteiger partial charge in [-0.3, -0.25) is 4.79 Å². The Morgan fingerprint density at radius 2 is 2.05 bits per heavy atom. The van der Waals surface area contributed by atoms with Gasteiger partial charge in [-0.05, 0) is 31.5 Å². The molecule has 0 aliphatic rings. The Kier molecular flexibility index (Phi) is 3.51. The number of nitrogens with one attached hydrogen (secondary N) is 1. The third-order valence-corrected chi connectivity index (χ3v) is 2.59. The lowest BCUT2D eigenvalue weighted by atomic mass is 10.1. The van der Waals surface area contributed by atoms with Crippen LogP contribution < -0.4 is 10.3 Å². The fourth-order valence-electron chi connectivity index (χ4n) is 1.65. The monoisotopic (exact) mass is 278 g/mol. The zero-order valence-electron chi connectivity index (χ0n) is 10.7. The lowest BCUT2D eigenvalue weighted by molar-refractivity contribution is 0.0696. The van der Waals surface area contributed by atoms with Gasteiger partial charge in [0.25, 0.3) is 0 Å². The van der Waals surface area contributed by atoms with E-state index < -0.39 is 17.3 Å². The minimum atomic E-state index is -1.24. The lowest BCUT2D eigenvalue weighted by Crippen LogP contribution is -2.12. The van der Waals surface area contributed by atoms with Gasteiger partial charge in [0, 0.05) is 6.07 Å². The molecule has 1 aromatic carbocycles. The van der Waals surface area contributed by atoms with Gasteiger partial charge in [0.15, 0.2) is 17.3 Å². The van der Waals surface area contributed by atoms with Crippen molar-refractivity contribution in [2.24, 2.45) is 0 Å². The first-order chi connectivity index (χ1) is 9.38. The summed E-state index contributed by atoms with van der Waals surface area (Å²) in [6.45, 7) is 3.13. The molecule has 104 valence electrons. The second kappa shape index (κ2) is 5.12. The highest BCUT2D eigenvalue weighted by Crippen LogP contribution is 2.27. The molecule has 2 rings (SSSR count). The Balaban J connectivity index is 2.46. The number of aryl methyl sites for hydroxylation is 2. The van der Waals surface area contributed by atoms with Gasteiger partial charge in [-0.15, -0.1) is 0 Å². The van der Waals surface area contributed by atoms with E-state index in [1.165, 1.54) is 19.1 Å². The number of aromatic amines is 1. The predicted molar refractivity (Wildman–Crippen MR) is 67.8 cm³/mol. The van der Waals surface area contributed by atoms with Crippen molar-refractivity contribution in [1.29, 1.82) is 0 Å². The topological polar surface area (TPSA) is 92.3 Å². The summed E-state index contributed by atoms with van der Waals surface area (Å²) in [7, 11) is 0. The van der Waals surface area contributed by atoms with Crippen LogP contribution in [0.15, 0.2) is 23.0 Å². The molecule has 7 heteroatoms. The number of carboxylic acid groups (broad SMARTS) is 1. The maximum absolute atomic E-state index is 13.9. The first kappa shape index (κ1) is 13.7. The van der Waals surface area contributed by atoms with E-state index in [1.807, 2.05) is 0 Å². The second-order valence-electron chi connectivity index (χ2n) is 4.21. The number of hydrogen-bond acceptors (Lipinski definition) is 4. The molecule has 0 saturated carbocycles. The quantitative estimate of drug-likeness (QED) is 0.896. The van der Waals surface area contributed by atoms with E-state index in [-0.39, 0.29) is 22.6 Å². The molecule has 0 fully saturated rings. The molecule has 0 aliphatic heterocycles. The minimum Gasteiger partial charge on any atom is -0.478 e. The van der Waals surface area contributed by atoms with Crippen molar-refractivity contribution in [2.45, 2.75) is 13.8 Å². The molecule has 0 unspecified atom stereocenters. The van der Waals surface area contributed by atoms with E-state index in [0.717, 1.165) is 6.07 Å². The Morgan fingerprint density at radius 1 is 1.35 bits per heavy atom. The van der Waals surface area contributed by atoms with Crippen molar-refractivity contribution < 1.29 is 19.0 Å². The third kappa shape index (κ3) is 2.66. The SMILES string of the molecule is Cc1cc(Oc2c(C)cc(C(=O)O)cc2F)c(=O)[nH]n1. The second-order valence-corrected chi connectivity index (χ2v) is 4.21. The Hall–Kier alpha value is -2.70. The average Bonchev–Trinajstić information content (AvgIpc) is 2.37. The summed E-state index contributed by atoms with van der Waals surface area (Å²) in [5, 5.41) is 14.7. The average molecular weight is 278 g/mol. The number of H-pyrrole nitrogens is 1. The Morgan fingerprint density at radius 3 is 2.65 bits per heavy atom. The van der Waals surface area contributed by atoms with Gasteiger partial charge >= 0.3 is 11.5 Å². The molecular formula is C13H11FN2O4. The fraction of sp³-hybridized carbons (Fsp3) is 0.154. The highest BCUT2D eigenvalue weighted by Gasteiger charge is 2.15. The number of halogens is 1. The molecule has 1 heterocycles. The van der Waals surface area contributed by atoms with Crippen LogP contribution in [-0.2, 0) is 0 Å². The first-order valence-electron chi connectivity index (χ1n) is 5.66. The summed E-state index contributed by atoms with van der Waals surface area (Å²) < 4.78 is 19.1. The van der Waals surface area contributed by atoms with Crippen LogP contribution in [0.25, 0.3) is 0 Å². The highest BCUT2D eigenvalue weighted by molar-refractivity contribution is 5.88. The van der Waals surface area contributed by atoms with Crippen molar-refractivity contribution in [3.8, 4) is 11.5 Å². The van der Waals surface area contributed by atoms with Crippen LogP contribution in [0.5, 0.6) is 11.5 Å². The first-order valence-corrected chi connectivity index (χ1v) is 5.66. The van der Waals surface area contributed by atoms with Crippen molar-refractivity contribution in [3.63, 3.8) is 0 Å². The van der Waals surface area contributed by atoms with Crippen LogP contribution in [-0.4, -0.2) is 21.3 Å². The highest BCUT2D eigenvalue weighted by atomic mass is 19.1. The molecule has 0 spiro atoms. The molecular weight excluding hydrogens is 267 g/mol. The number of hydrogen-bond donors (Lipinski definition) is 2. The van der Waals surface area contributed by atoms with Gasteiger partial charge in [0.2, 0.25) is 0 Å². The molecule has 6 nitrogen and oxygen atoms in total. The third-order valence-electron chi connectivity index (χ3n) is 2.59. The number of benzene rings is 1. The van der Waals surface area contributed by atoms with E-state index in [4.69, 9.17) is 9.84 Å². The van der Waals surface area contributed by atoms with Crippen molar-refractivity contribution in [1.82, 2.24) is 10.2 Å². The van der Waals surface area contributed by atoms with Crippen molar-refractivity contribution in [3.05, 3.63) is 51.2 Å². The molecule has 0 amide bonds. The molecule has 0 radical (unpaired) electrons. The van der Waals surface area contributed by atoms with Crippen LogP contribution in [0.3, 0.4) is 0 Å². The van der Waals surface area contributed by atoms with E-state index in [9.17, 15) is 14.0 Å². The summed E-state index contributed by atoms with van der Waals surface area (Å²) in [4.78, 5) is 22.3. The number of aromatic carboxylic acids is 1. The van der Waals surface area contributed by atoms with Gasteiger partial charge in [-0.25, -0.2) is 14.3 Å². The largest absolute Gasteiger partial charge is 0.478 e. The smallest absolute Gasteiger partial charge is 0.335 e. The van der Waals surface area contributed by atoms with E-state index in [0.29, 0.717) is 5.69 Å². The molecule has 0 aliphatic carbocycles. The van der Waals surface area contributed by atoms with E-state index in [2.05, 4.69) is 10.2 Å². The molecule has 0 atom stereocenters. The maximum atomic E-state index is 13.9. The summed E-state index contributed by atoms with van der Waals surface area (Å²) in [5.41, 5.74) is -0.0139. The van der Waals surface area contributed by atoms with Gasteiger partial charge < -0.3 is 9.84 Å². The lowest BCUT2D eigenvalue weighted by Gasteiger charge is -2.10. The molecule has 1 aromatic heterocycles. The van der Waals surface area contributed by atoms with Crippen LogP contribution in [0.4, 0.5) is 4.39 Å². The van der Waals surface area contributed by atoms with Crippen LogP contribution >= 0.6 is 0 Å². The van der Waals surface area contributed by atoms with Gasteiger partial charge in [-0.2, -0.15) is 5.10 Å². The Labute approximate surface area is 112 Å². The van der Waals surface area contributed by atoms with Crippen molar-refractivity contribution in [2.75, 3.05) is 0 Å². The zero-order valence-corrected chi connectivity index (χ0v) is 10.7. The summed E-state index contributed by atoms with van der Waals surface area (Å²) in [6.07, 6.45) is 0. The number of carboxylic acids is 1. The number of ether oxygens (including phenoxy) is 1. The Bertz CT molecular complexity index is 716. The standard InChI is InChI=1S/C13H11FN2O4/c1-6-3-8(13(18)19)5-9(14)11(6)20-10-4-7(2)15-16-12(10)17/h3-5H,1-2H3,(H,16,17)(H,18,19). The molecule has 0 bridgehead atoms. The zero-order chi connectivity index (χ0) is 14.9. The summed E-state index contributed by atoms with van der Waals surface area (Å²) in [6, 6.07) is 3.47. The molecule has 0 saturated heterocycles. The summed E-state index contributed by atoms with van der Waals surface area (Å²) in [5.74, 6) is -2.39. The predicted octanol–water partition coefficient (Wildman–Crippen LogP) is 2.02. The van der Waals surface area contributed by atoms with E-state index >= 15 is 0 Å². The van der Waals surface area contributed by atoms with Gasteiger partial charge in [0.1, 0.15) is 0 Å². The number of rotatable bonds is 3. The fourth-order valence-corrected chi connectivity index (χ4v) is 1.65. The minimum absolute atomic E-state index is 0.109. The molecule has 20 heavy (non-hydrogen) atoms. The molecule has 2 aromatic rings. The number of aromatic nitrogens is 2. The van der Waals surface area contributed by atoms with E-state index in [1.54, 1.807) is 6.92 Å². The number of nitrogens with zero attached hydrogens (tertiary/aromatic N) is 1. The van der Waals surface area contributed by atoms with Crippen LogP contribution in [0.1, 0.15) is 21.6 Å². The van der Waals surface area contributed by atoms with Crippen LogP contribution in [0.2, 0.25) is 0 Å². The maximum Gasteiger partial charge on any atom is 0.335 e. The summed E-state index contributed by atoms with van der Waals surface area (Å²) >= 11 is 0. The normalized spacial score (nSPS) is 10.3. The van der Waals surface area contributed by atoms with Crippen LogP contribution in [0, 0.1) is 19.7 Å². The van der Waals surface area contributed by atoms with Crippen molar-refractivity contribution >= 4 is 5.97 Å². The molecule has 2 N–H and O–H groups in total. The van der Waals surface area contributed by atoms with Gasteiger partial charge in [0.05, 0.1) is 11.3 Å².